The molecular weight excluding hydrogens is 624 g/mol. The molecule has 4 aromatic carbocycles. The van der Waals surface area contributed by atoms with E-state index in [9.17, 15) is 19.2 Å². The molecular formula is C40H36O9. The average Bonchev–Trinajstić information content (AvgIpc) is 3.10. The molecule has 250 valence electrons. The highest BCUT2D eigenvalue weighted by molar-refractivity contribution is 6.02. The maximum atomic E-state index is 13.8. The van der Waals surface area contributed by atoms with Crippen LogP contribution in [0.3, 0.4) is 0 Å². The number of rotatable bonds is 13. The molecule has 0 heterocycles. The van der Waals surface area contributed by atoms with Crippen molar-refractivity contribution in [1.29, 1.82) is 0 Å². The van der Waals surface area contributed by atoms with Crippen LogP contribution in [0.15, 0.2) is 127 Å². The first-order valence-electron chi connectivity index (χ1n) is 15.0. The minimum atomic E-state index is -1.74. The van der Waals surface area contributed by atoms with Gasteiger partial charge in [0, 0.05) is 42.1 Å². The number of carbonyl (C=O) groups is 4. The van der Waals surface area contributed by atoms with Crippen molar-refractivity contribution < 1.29 is 42.9 Å². The van der Waals surface area contributed by atoms with Crippen LogP contribution in [0.2, 0.25) is 0 Å². The highest BCUT2D eigenvalue weighted by Crippen LogP contribution is 2.36. The lowest BCUT2D eigenvalue weighted by Crippen LogP contribution is -2.40. The van der Waals surface area contributed by atoms with E-state index >= 15 is 0 Å². The van der Waals surface area contributed by atoms with Gasteiger partial charge in [0.2, 0.25) is 5.78 Å². The Morgan fingerprint density at radius 3 is 1.39 bits per heavy atom. The van der Waals surface area contributed by atoms with Crippen molar-refractivity contribution in [2.24, 2.45) is 0 Å². The zero-order chi connectivity index (χ0) is 35.9. The largest absolute Gasteiger partial charge is 0.423 e. The van der Waals surface area contributed by atoms with Gasteiger partial charge in [-0.25, -0.2) is 14.4 Å². The Labute approximate surface area is 285 Å². The lowest BCUT2D eigenvalue weighted by Gasteiger charge is -2.30. The molecule has 4 rings (SSSR count). The standard InChI is InChI=1S/C40H36O9/c1-24(2)37(42)47-33-20-18-32(19-21-33)40(45-7,46-8)36(41)30-15-13-28(14-16-30)27-9-11-29(12-10-27)31-17-22-34(48-38(43)25(3)4)35(23-31)49-39(44)26(5)6/h9-23H,1,3,5H2,2,4,6-8H3. The molecule has 0 saturated carbocycles. The van der Waals surface area contributed by atoms with E-state index in [2.05, 4.69) is 19.7 Å². The van der Waals surface area contributed by atoms with Crippen molar-refractivity contribution in [2.75, 3.05) is 14.2 Å². The van der Waals surface area contributed by atoms with Gasteiger partial charge in [0.15, 0.2) is 11.5 Å². The number of benzene rings is 4. The summed E-state index contributed by atoms with van der Waals surface area (Å²) in [7, 11) is 2.75. The fourth-order valence-electron chi connectivity index (χ4n) is 4.66. The molecule has 0 amide bonds. The van der Waals surface area contributed by atoms with E-state index in [-0.39, 0.29) is 34.0 Å². The fraction of sp³-hybridized carbons (Fsp3) is 0.150. The molecule has 4 aromatic rings. The number of ether oxygens (including phenoxy) is 5. The number of Topliss-reactive ketones (excluding diaryl/α,β-unsaturated/α-hetero) is 1. The molecule has 0 fully saturated rings. The lowest BCUT2D eigenvalue weighted by atomic mass is 9.94. The van der Waals surface area contributed by atoms with Crippen LogP contribution in [0, 0.1) is 0 Å². The number of ketones is 1. The maximum Gasteiger partial charge on any atom is 0.338 e. The first-order chi connectivity index (χ1) is 23.3. The Balaban J connectivity index is 1.56. The van der Waals surface area contributed by atoms with Crippen LogP contribution in [0.5, 0.6) is 17.2 Å². The molecule has 49 heavy (non-hydrogen) atoms. The third-order valence-corrected chi connectivity index (χ3v) is 7.41. The van der Waals surface area contributed by atoms with E-state index in [0.29, 0.717) is 16.7 Å². The maximum absolute atomic E-state index is 13.8. The molecule has 0 aliphatic rings. The van der Waals surface area contributed by atoms with Crippen molar-refractivity contribution >= 4 is 23.7 Å². The zero-order valence-corrected chi connectivity index (χ0v) is 28.0. The molecule has 0 N–H and O–H groups in total. The third-order valence-electron chi connectivity index (χ3n) is 7.41. The summed E-state index contributed by atoms with van der Waals surface area (Å²) < 4.78 is 27.4. The van der Waals surface area contributed by atoms with Crippen molar-refractivity contribution in [3.05, 3.63) is 139 Å². The number of methoxy groups -OCH3 is 2. The molecule has 0 aromatic heterocycles. The van der Waals surface area contributed by atoms with Gasteiger partial charge in [-0.1, -0.05) is 74.3 Å². The van der Waals surface area contributed by atoms with Gasteiger partial charge >= 0.3 is 17.9 Å². The second-order valence-electron chi connectivity index (χ2n) is 11.2. The third kappa shape index (κ3) is 8.16. The van der Waals surface area contributed by atoms with Gasteiger partial charge in [-0.2, -0.15) is 0 Å². The van der Waals surface area contributed by atoms with Gasteiger partial charge in [0.05, 0.1) is 0 Å². The first kappa shape index (κ1) is 35.9. The van der Waals surface area contributed by atoms with E-state index < -0.39 is 29.5 Å². The summed E-state index contributed by atoms with van der Waals surface area (Å²) in [5.74, 6) is -3.61. The smallest absolute Gasteiger partial charge is 0.338 e. The molecule has 0 aliphatic heterocycles. The summed E-state index contributed by atoms with van der Waals surface area (Å²) in [6.07, 6.45) is 0. The molecule has 0 unspecified atom stereocenters. The van der Waals surface area contributed by atoms with Crippen molar-refractivity contribution in [1.82, 2.24) is 0 Å². The second kappa shape index (κ2) is 15.3. The minimum absolute atomic E-state index is 0.0646. The van der Waals surface area contributed by atoms with Gasteiger partial charge in [-0.05, 0) is 79.4 Å². The van der Waals surface area contributed by atoms with Crippen molar-refractivity contribution in [3.63, 3.8) is 0 Å². The number of carbonyl (C=O) groups excluding carboxylic acids is 4. The highest BCUT2D eigenvalue weighted by atomic mass is 16.7. The van der Waals surface area contributed by atoms with Crippen LogP contribution >= 0.6 is 0 Å². The highest BCUT2D eigenvalue weighted by Gasteiger charge is 2.41. The van der Waals surface area contributed by atoms with E-state index in [1.807, 2.05) is 36.4 Å². The molecule has 0 aliphatic carbocycles. The van der Waals surface area contributed by atoms with Crippen LogP contribution < -0.4 is 14.2 Å². The molecule has 9 heteroatoms. The van der Waals surface area contributed by atoms with Gasteiger partial charge in [-0.3, -0.25) is 4.79 Å². The Morgan fingerprint density at radius 1 is 0.510 bits per heavy atom. The molecule has 0 bridgehead atoms. The van der Waals surface area contributed by atoms with Crippen molar-refractivity contribution in [3.8, 4) is 39.5 Å². The van der Waals surface area contributed by atoms with Crippen LogP contribution in [-0.4, -0.2) is 37.9 Å². The van der Waals surface area contributed by atoms with E-state index in [1.54, 1.807) is 61.5 Å². The van der Waals surface area contributed by atoms with E-state index in [0.717, 1.165) is 16.7 Å². The zero-order valence-electron chi connectivity index (χ0n) is 28.0. The van der Waals surface area contributed by atoms with Crippen LogP contribution in [0.25, 0.3) is 22.3 Å². The number of hydrogen-bond donors (Lipinski definition) is 0. The Morgan fingerprint density at radius 2 is 0.918 bits per heavy atom. The van der Waals surface area contributed by atoms with E-state index in [4.69, 9.17) is 23.7 Å². The predicted molar refractivity (Wildman–Crippen MR) is 185 cm³/mol. The Bertz CT molecular complexity index is 1930. The first-order valence-corrected chi connectivity index (χ1v) is 15.0. The normalized spacial score (nSPS) is 10.9. The predicted octanol–water partition coefficient (Wildman–Crippen LogP) is 7.79. The quantitative estimate of drug-likeness (QED) is 0.0466. The fourth-order valence-corrected chi connectivity index (χ4v) is 4.66. The monoisotopic (exact) mass is 660 g/mol. The number of esters is 3. The summed E-state index contributed by atoms with van der Waals surface area (Å²) in [5, 5.41) is 0. The van der Waals surface area contributed by atoms with Gasteiger partial charge in [0.25, 0.3) is 5.79 Å². The number of hydrogen-bond acceptors (Lipinski definition) is 9. The summed E-state index contributed by atoms with van der Waals surface area (Å²) in [4.78, 5) is 50.1. The lowest BCUT2D eigenvalue weighted by molar-refractivity contribution is -0.176. The van der Waals surface area contributed by atoms with Gasteiger partial charge < -0.3 is 23.7 Å². The molecule has 0 spiro atoms. The van der Waals surface area contributed by atoms with Gasteiger partial charge in [-0.15, -0.1) is 0 Å². The van der Waals surface area contributed by atoms with Crippen LogP contribution in [0.4, 0.5) is 0 Å². The Kier molecular flexibility index (Phi) is 11.2. The summed E-state index contributed by atoms with van der Waals surface area (Å²) in [6.45, 7) is 15.4. The second-order valence-corrected chi connectivity index (χ2v) is 11.2. The molecule has 0 atom stereocenters. The SMILES string of the molecule is C=C(C)C(=O)Oc1ccc(C(OC)(OC)C(=O)c2ccc(-c3ccc(-c4ccc(OC(=O)C(=C)C)c(OC(=O)C(=C)C)c4)cc3)cc2)cc1. The molecule has 0 radical (unpaired) electrons. The summed E-state index contributed by atoms with van der Waals surface area (Å²) in [5.41, 5.74) is 4.67. The molecule has 0 saturated heterocycles. The van der Waals surface area contributed by atoms with E-state index in [1.165, 1.54) is 28.1 Å². The summed E-state index contributed by atoms with van der Waals surface area (Å²) >= 11 is 0. The summed E-state index contributed by atoms with van der Waals surface area (Å²) in [6, 6.07) is 25.8. The van der Waals surface area contributed by atoms with Crippen LogP contribution in [-0.2, 0) is 29.6 Å². The Hall–Kier alpha value is -5.90. The topological polar surface area (TPSA) is 114 Å². The van der Waals surface area contributed by atoms with Crippen molar-refractivity contribution in [2.45, 2.75) is 26.6 Å². The minimum Gasteiger partial charge on any atom is -0.423 e. The average molecular weight is 661 g/mol. The molecule has 9 nitrogen and oxygen atoms in total. The van der Waals surface area contributed by atoms with Gasteiger partial charge in [0.1, 0.15) is 5.75 Å². The van der Waals surface area contributed by atoms with Crippen LogP contribution in [0.1, 0.15) is 36.7 Å².